The molecule has 5 heteroatoms. The van der Waals surface area contributed by atoms with Crippen molar-refractivity contribution >= 4 is 12.1 Å². The van der Waals surface area contributed by atoms with Crippen LogP contribution in [0.2, 0.25) is 0 Å². The molecule has 2 unspecified atom stereocenters. The van der Waals surface area contributed by atoms with E-state index in [1.54, 1.807) is 0 Å². The summed E-state index contributed by atoms with van der Waals surface area (Å²) in [6, 6.07) is 9.35. The van der Waals surface area contributed by atoms with Crippen LogP contribution in [0.15, 0.2) is 30.3 Å². The zero-order chi connectivity index (χ0) is 14.4. The monoisotopic (exact) mass is 277 g/mol. The molecule has 1 aliphatic carbocycles. The van der Waals surface area contributed by atoms with Gasteiger partial charge in [0.15, 0.2) is 0 Å². The first-order valence-corrected chi connectivity index (χ1v) is 6.84. The normalized spacial score (nSPS) is 21.4. The molecule has 1 aliphatic rings. The van der Waals surface area contributed by atoms with E-state index in [0.29, 0.717) is 0 Å². The summed E-state index contributed by atoms with van der Waals surface area (Å²) in [7, 11) is 0. The van der Waals surface area contributed by atoms with Crippen molar-refractivity contribution in [2.24, 2.45) is 5.92 Å². The van der Waals surface area contributed by atoms with Crippen LogP contribution >= 0.6 is 0 Å². The highest BCUT2D eigenvalue weighted by molar-refractivity contribution is 5.69. The number of aliphatic carboxylic acids is 1. The van der Waals surface area contributed by atoms with Crippen molar-refractivity contribution in [1.82, 2.24) is 5.32 Å². The predicted octanol–water partition coefficient (Wildman–Crippen LogP) is 2.56. The van der Waals surface area contributed by atoms with E-state index >= 15 is 0 Å². The maximum absolute atomic E-state index is 11.7. The van der Waals surface area contributed by atoms with Gasteiger partial charge in [0.25, 0.3) is 0 Å². The Balaban J connectivity index is 1.77. The molecule has 0 heterocycles. The lowest BCUT2D eigenvalue weighted by Crippen LogP contribution is -2.38. The third-order valence-electron chi connectivity index (χ3n) is 3.61. The molecule has 0 aromatic heterocycles. The first kappa shape index (κ1) is 14.4. The van der Waals surface area contributed by atoms with Crippen molar-refractivity contribution < 1.29 is 19.4 Å². The SMILES string of the molecule is O=C(O)CC1CCCC1NC(=O)OCc1ccccc1. The number of nitrogens with one attached hydrogen (secondary N) is 1. The van der Waals surface area contributed by atoms with Gasteiger partial charge in [-0.1, -0.05) is 36.8 Å². The molecule has 0 bridgehead atoms. The van der Waals surface area contributed by atoms with Gasteiger partial charge in [-0.2, -0.15) is 0 Å². The summed E-state index contributed by atoms with van der Waals surface area (Å²) in [5, 5.41) is 11.6. The van der Waals surface area contributed by atoms with Gasteiger partial charge in [0.1, 0.15) is 6.61 Å². The molecule has 0 spiro atoms. The minimum atomic E-state index is -0.818. The first-order valence-electron chi connectivity index (χ1n) is 6.84. The molecule has 20 heavy (non-hydrogen) atoms. The molecular weight excluding hydrogens is 258 g/mol. The average molecular weight is 277 g/mol. The van der Waals surface area contributed by atoms with Crippen molar-refractivity contribution in [2.75, 3.05) is 0 Å². The summed E-state index contributed by atoms with van der Waals surface area (Å²) in [5.41, 5.74) is 0.927. The van der Waals surface area contributed by atoms with Crippen molar-refractivity contribution in [2.45, 2.75) is 38.3 Å². The Labute approximate surface area is 117 Å². The molecule has 0 saturated heterocycles. The highest BCUT2D eigenvalue weighted by Gasteiger charge is 2.30. The Morgan fingerprint density at radius 1 is 1.25 bits per heavy atom. The summed E-state index contributed by atoms with van der Waals surface area (Å²) >= 11 is 0. The molecule has 1 amide bonds. The third-order valence-corrected chi connectivity index (χ3v) is 3.61. The molecule has 0 aliphatic heterocycles. The van der Waals surface area contributed by atoms with E-state index in [0.717, 1.165) is 24.8 Å². The van der Waals surface area contributed by atoms with Crippen LogP contribution in [0.5, 0.6) is 0 Å². The number of carboxylic acids is 1. The van der Waals surface area contributed by atoms with E-state index in [9.17, 15) is 9.59 Å². The van der Waals surface area contributed by atoms with Gasteiger partial charge in [0.05, 0.1) is 6.42 Å². The second-order valence-electron chi connectivity index (χ2n) is 5.10. The van der Waals surface area contributed by atoms with Crippen molar-refractivity contribution in [1.29, 1.82) is 0 Å². The fourth-order valence-electron chi connectivity index (χ4n) is 2.61. The smallest absolute Gasteiger partial charge is 0.407 e. The number of rotatable bonds is 5. The highest BCUT2D eigenvalue weighted by atomic mass is 16.5. The van der Waals surface area contributed by atoms with Gasteiger partial charge < -0.3 is 15.2 Å². The number of carbonyl (C=O) groups excluding carboxylic acids is 1. The predicted molar refractivity (Wildman–Crippen MR) is 73.1 cm³/mol. The molecular formula is C15H19NO4. The minimum absolute atomic E-state index is 0.0109. The van der Waals surface area contributed by atoms with Crippen LogP contribution in [-0.2, 0) is 16.1 Å². The number of hydrogen-bond acceptors (Lipinski definition) is 3. The van der Waals surface area contributed by atoms with Crippen LogP contribution < -0.4 is 5.32 Å². The summed E-state index contributed by atoms with van der Waals surface area (Å²) < 4.78 is 5.15. The molecule has 108 valence electrons. The molecule has 5 nitrogen and oxygen atoms in total. The fourth-order valence-corrected chi connectivity index (χ4v) is 2.61. The van der Waals surface area contributed by atoms with E-state index < -0.39 is 12.1 Å². The molecule has 1 aromatic carbocycles. The molecule has 1 fully saturated rings. The van der Waals surface area contributed by atoms with Gasteiger partial charge >= 0.3 is 12.1 Å². The number of alkyl carbamates (subject to hydrolysis) is 1. The quantitative estimate of drug-likeness (QED) is 0.867. The van der Waals surface area contributed by atoms with Crippen LogP contribution in [0.1, 0.15) is 31.2 Å². The van der Waals surface area contributed by atoms with Gasteiger partial charge in [-0.15, -0.1) is 0 Å². The number of benzene rings is 1. The Morgan fingerprint density at radius 2 is 2.00 bits per heavy atom. The second-order valence-corrected chi connectivity index (χ2v) is 5.10. The van der Waals surface area contributed by atoms with Crippen molar-refractivity contribution in [3.63, 3.8) is 0 Å². The number of carboxylic acid groups (broad SMARTS) is 1. The molecule has 1 saturated carbocycles. The number of hydrogen-bond donors (Lipinski definition) is 2. The Kier molecular flexibility index (Phi) is 4.98. The van der Waals surface area contributed by atoms with Gasteiger partial charge in [-0.3, -0.25) is 4.79 Å². The molecule has 2 N–H and O–H groups in total. The van der Waals surface area contributed by atoms with Gasteiger partial charge in [-0.05, 0) is 24.3 Å². The summed E-state index contributed by atoms with van der Waals surface area (Å²) in [4.78, 5) is 22.5. The third kappa shape index (κ3) is 4.26. The van der Waals surface area contributed by atoms with E-state index in [1.807, 2.05) is 30.3 Å². The number of ether oxygens (including phenoxy) is 1. The fraction of sp³-hybridized carbons (Fsp3) is 0.467. The van der Waals surface area contributed by atoms with Crippen molar-refractivity contribution in [3.8, 4) is 0 Å². The summed E-state index contributed by atoms with van der Waals surface area (Å²) in [6.45, 7) is 0.225. The zero-order valence-electron chi connectivity index (χ0n) is 11.2. The van der Waals surface area contributed by atoms with E-state index in [1.165, 1.54) is 0 Å². The van der Waals surface area contributed by atoms with Crippen LogP contribution in [0.3, 0.4) is 0 Å². The maximum atomic E-state index is 11.7. The maximum Gasteiger partial charge on any atom is 0.407 e. The van der Waals surface area contributed by atoms with Crippen LogP contribution in [-0.4, -0.2) is 23.2 Å². The van der Waals surface area contributed by atoms with E-state index in [2.05, 4.69) is 5.32 Å². The van der Waals surface area contributed by atoms with Gasteiger partial charge in [0.2, 0.25) is 0 Å². The number of carbonyl (C=O) groups is 2. The standard InChI is InChI=1S/C15H19NO4/c17-14(18)9-12-7-4-8-13(12)16-15(19)20-10-11-5-2-1-3-6-11/h1-3,5-6,12-13H,4,7-10H2,(H,16,19)(H,17,18). The lowest BCUT2D eigenvalue weighted by Gasteiger charge is -2.19. The highest BCUT2D eigenvalue weighted by Crippen LogP contribution is 2.28. The summed E-state index contributed by atoms with van der Waals surface area (Å²) in [5.74, 6) is -0.807. The Hall–Kier alpha value is -2.04. The van der Waals surface area contributed by atoms with Crippen LogP contribution in [0, 0.1) is 5.92 Å². The summed E-state index contributed by atoms with van der Waals surface area (Å²) in [6.07, 6.45) is 2.23. The van der Waals surface area contributed by atoms with Crippen LogP contribution in [0.4, 0.5) is 4.79 Å². The average Bonchev–Trinajstić information content (AvgIpc) is 2.84. The first-order chi connectivity index (χ1) is 9.65. The lowest BCUT2D eigenvalue weighted by molar-refractivity contribution is -0.138. The molecule has 1 aromatic rings. The Morgan fingerprint density at radius 3 is 2.70 bits per heavy atom. The lowest BCUT2D eigenvalue weighted by atomic mass is 10.00. The van der Waals surface area contributed by atoms with Crippen molar-refractivity contribution in [3.05, 3.63) is 35.9 Å². The van der Waals surface area contributed by atoms with Gasteiger partial charge in [0, 0.05) is 6.04 Å². The van der Waals surface area contributed by atoms with E-state index in [-0.39, 0.29) is 25.0 Å². The Bertz CT molecular complexity index is 460. The second kappa shape index (κ2) is 6.93. The van der Waals surface area contributed by atoms with Gasteiger partial charge in [-0.25, -0.2) is 4.79 Å². The largest absolute Gasteiger partial charge is 0.481 e. The molecule has 2 atom stereocenters. The molecule has 0 radical (unpaired) electrons. The minimum Gasteiger partial charge on any atom is -0.481 e. The number of amides is 1. The zero-order valence-corrected chi connectivity index (χ0v) is 11.2. The van der Waals surface area contributed by atoms with Crippen LogP contribution in [0.25, 0.3) is 0 Å². The topological polar surface area (TPSA) is 75.6 Å². The van der Waals surface area contributed by atoms with E-state index in [4.69, 9.17) is 9.84 Å². The molecule has 2 rings (SSSR count).